The van der Waals surface area contributed by atoms with Gasteiger partial charge in [-0.15, -0.1) is 11.6 Å². The van der Waals surface area contributed by atoms with Crippen LogP contribution in [0.1, 0.15) is 17.3 Å². The van der Waals surface area contributed by atoms with E-state index in [1.807, 2.05) is 0 Å². The highest BCUT2D eigenvalue weighted by molar-refractivity contribution is 6.33. The molecule has 0 aliphatic carbocycles. The molecule has 1 aromatic carbocycles. The molecule has 5 heteroatoms. The average Bonchev–Trinajstić information content (AvgIpc) is 2.15. The van der Waals surface area contributed by atoms with Crippen molar-refractivity contribution in [2.45, 2.75) is 12.3 Å². The van der Waals surface area contributed by atoms with Gasteiger partial charge in [0.05, 0.1) is 10.6 Å². The number of halogens is 3. The maximum atomic E-state index is 12.8. The molecule has 0 aromatic heterocycles. The molecule has 1 aromatic rings. The van der Waals surface area contributed by atoms with Crippen molar-refractivity contribution in [3.63, 3.8) is 0 Å². The zero-order valence-electron chi connectivity index (χ0n) is 9.01. The van der Waals surface area contributed by atoms with Crippen molar-refractivity contribution in [2.24, 2.45) is 0 Å². The minimum atomic E-state index is -0.463. The van der Waals surface area contributed by atoms with Crippen LogP contribution in [0.5, 0.6) is 0 Å². The molecular weight excluding hydrogens is 252 g/mol. The monoisotopic (exact) mass is 263 g/mol. The molecule has 1 amide bonds. The molecule has 0 saturated carbocycles. The van der Waals surface area contributed by atoms with Crippen LogP contribution in [-0.4, -0.2) is 29.8 Å². The van der Waals surface area contributed by atoms with E-state index in [2.05, 4.69) is 0 Å². The van der Waals surface area contributed by atoms with Crippen LogP contribution in [0.3, 0.4) is 0 Å². The standard InChI is InChI=1S/C11H12Cl2FNO/c1-7(12)6-15(2)11(16)9-4-3-8(14)5-10(9)13/h3-5,7H,6H2,1-2H3. The second kappa shape index (κ2) is 5.51. The molecule has 2 nitrogen and oxygen atoms in total. The molecule has 1 unspecified atom stereocenters. The minimum absolute atomic E-state index is 0.110. The molecule has 1 atom stereocenters. The molecule has 0 aliphatic rings. The van der Waals surface area contributed by atoms with Gasteiger partial charge in [-0.25, -0.2) is 4.39 Å². The summed E-state index contributed by atoms with van der Waals surface area (Å²) in [6.45, 7) is 2.20. The SMILES string of the molecule is CC(Cl)CN(C)C(=O)c1ccc(F)cc1Cl. The van der Waals surface area contributed by atoms with E-state index in [0.29, 0.717) is 6.54 Å². The topological polar surface area (TPSA) is 20.3 Å². The molecule has 0 heterocycles. The van der Waals surface area contributed by atoms with E-state index in [1.165, 1.54) is 17.0 Å². The third kappa shape index (κ3) is 3.35. The Balaban J connectivity index is 2.88. The zero-order chi connectivity index (χ0) is 12.3. The van der Waals surface area contributed by atoms with Gasteiger partial charge in [0, 0.05) is 19.0 Å². The van der Waals surface area contributed by atoms with Gasteiger partial charge in [0.2, 0.25) is 0 Å². The summed E-state index contributed by atoms with van der Waals surface area (Å²) >= 11 is 11.6. The molecule has 0 saturated heterocycles. The van der Waals surface area contributed by atoms with Gasteiger partial charge < -0.3 is 4.90 Å². The zero-order valence-corrected chi connectivity index (χ0v) is 10.5. The predicted octanol–water partition coefficient (Wildman–Crippen LogP) is 3.18. The Morgan fingerprint density at radius 1 is 1.56 bits per heavy atom. The number of carbonyl (C=O) groups is 1. The van der Waals surface area contributed by atoms with Crippen molar-refractivity contribution in [2.75, 3.05) is 13.6 Å². The summed E-state index contributed by atoms with van der Waals surface area (Å²) in [5.74, 6) is -0.729. The fraction of sp³-hybridized carbons (Fsp3) is 0.364. The van der Waals surface area contributed by atoms with Crippen molar-refractivity contribution in [1.29, 1.82) is 0 Å². The van der Waals surface area contributed by atoms with Crippen molar-refractivity contribution in [3.8, 4) is 0 Å². The smallest absolute Gasteiger partial charge is 0.255 e. The van der Waals surface area contributed by atoms with Crippen molar-refractivity contribution < 1.29 is 9.18 Å². The Bertz CT molecular complexity index is 396. The van der Waals surface area contributed by atoms with E-state index in [-0.39, 0.29) is 21.9 Å². The molecule has 0 aliphatic heterocycles. The number of hydrogen-bond acceptors (Lipinski definition) is 1. The number of benzene rings is 1. The lowest BCUT2D eigenvalue weighted by molar-refractivity contribution is 0.0796. The Labute approximate surface area is 104 Å². The lowest BCUT2D eigenvalue weighted by atomic mass is 10.2. The van der Waals surface area contributed by atoms with Crippen LogP contribution >= 0.6 is 23.2 Å². The average molecular weight is 264 g/mol. The number of alkyl halides is 1. The van der Waals surface area contributed by atoms with E-state index in [4.69, 9.17) is 23.2 Å². The van der Waals surface area contributed by atoms with Gasteiger partial charge in [-0.2, -0.15) is 0 Å². The predicted molar refractivity (Wildman–Crippen MR) is 63.7 cm³/mol. The lowest BCUT2D eigenvalue weighted by Crippen LogP contribution is -2.31. The van der Waals surface area contributed by atoms with Crippen LogP contribution in [0.15, 0.2) is 18.2 Å². The van der Waals surface area contributed by atoms with Gasteiger partial charge in [0.25, 0.3) is 5.91 Å². The van der Waals surface area contributed by atoms with Crippen LogP contribution in [0.2, 0.25) is 5.02 Å². The number of nitrogens with zero attached hydrogens (tertiary/aromatic N) is 1. The first-order valence-electron chi connectivity index (χ1n) is 4.76. The van der Waals surface area contributed by atoms with Gasteiger partial charge in [-0.3, -0.25) is 4.79 Å². The van der Waals surface area contributed by atoms with Crippen molar-refractivity contribution >= 4 is 29.1 Å². The van der Waals surface area contributed by atoms with Crippen LogP contribution in [0.25, 0.3) is 0 Å². The summed E-state index contributed by atoms with van der Waals surface area (Å²) in [4.78, 5) is 13.3. The third-order valence-corrected chi connectivity index (χ3v) is 2.48. The summed E-state index contributed by atoms with van der Waals surface area (Å²) in [6, 6.07) is 3.69. The number of amides is 1. The van der Waals surface area contributed by atoms with Gasteiger partial charge in [-0.05, 0) is 25.1 Å². The first-order chi connectivity index (χ1) is 7.41. The van der Waals surface area contributed by atoms with E-state index >= 15 is 0 Å². The highest BCUT2D eigenvalue weighted by Crippen LogP contribution is 2.18. The van der Waals surface area contributed by atoms with Gasteiger partial charge in [0.1, 0.15) is 5.82 Å². The highest BCUT2D eigenvalue weighted by Gasteiger charge is 2.16. The Morgan fingerprint density at radius 3 is 2.69 bits per heavy atom. The van der Waals surface area contributed by atoms with Gasteiger partial charge >= 0.3 is 0 Å². The summed E-state index contributed by atoms with van der Waals surface area (Å²) in [6.07, 6.45) is 0. The largest absolute Gasteiger partial charge is 0.340 e. The summed E-state index contributed by atoms with van der Waals surface area (Å²) < 4.78 is 12.8. The summed E-state index contributed by atoms with van der Waals surface area (Å²) in [7, 11) is 1.63. The van der Waals surface area contributed by atoms with E-state index < -0.39 is 5.82 Å². The molecule has 0 bridgehead atoms. The Hall–Kier alpha value is -0.800. The first-order valence-corrected chi connectivity index (χ1v) is 5.58. The van der Waals surface area contributed by atoms with Gasteiger partial charge in [-0.1, -0.05) is 11.6 Å². The quantitative estimate of drug-likeness (QED) is 0.768. The second-order valence-electron chi connectivity index (χ2n) is 3.59. The molecule has 0 N–H and O–H groups in total. The maximum Gasteiger partial charge on any atom is 0.255 e. The number of hydrogen-bond donors (Lipinski definition) is 0. The fourth-order valence-electron chi connectivity index (χ4n) is 1.33. The van der Waals surface area contributed by atoms with Gasteiger partial charge in [0.15, 0.2) is 0 Å². The summed E-state index contributed by atoms with van der Waals surface area (Å²) in [5, 5.41) is -0.0350. The van der Waals surface area contributed by atoms with Crippen molar-refractivity contribution in [1.82, 2.24) is 4.90 Å². The van der Waals surface area contributed by atoms with Crippen LogP contribution in [0, 0.1) is 5.82 Å². The van der Waals surface area contributed by atoms with Crippen molar-refractivity contribution in [3.05, 3.63) is 34.6 Å². The molecule has 0 radical (unpaired) electrons. The third-order valence-electron chi connectivity index (χ3n) is 2.03. The number of rotatable bonds is 3. The Morgan fingerprint density at radius 2 is 2.19 bits per heavy atom. The summed E-state index contributed by atoms with van der Waals surface area (Å²) in [5.41, 5.74) is 0.280. The molecule has 0 spiro atoms. The first kappa shape index (κ1) is 13.3. The minimum Gasteiger partial charge on any atom is -0.340 e. The second-order valence-corrected chi connectivity index (χ2v) is 4.74. The lowest BCUT2D eigenvalue weighted by Gasteiger charge is -2.19. The highest BCUT2D eigenvalue weighted by atomic mass is 35.5. The van der Waals surface area contributed by atoms with E-state index in [9.17, 15) is 9.18 Å². The van der Waals surface area contributed by atoms with Crippen LogP contribution in [-0.2, 0) is 0 Å². The molecule has 16 heavy (non-hydrogen) atoms. The fourth-order valence-corrected chi connectivity index (χ4v) is 1.78. The number of carbonyl (C=O) groups excluding carboxylic acids is 1. The van der Waals surface area contributed by atoms with E-state index in [0.717, 1.165) is 6.07 Å². The molecule has 0 fully saturated rings. The maximum absolute atomic E-state index is 12.8. The van der Waals surface area contributed by atoms with Crippen LogP contribution < -0.4 is 0 Å². The van der Waals surface area contributed by atoms with Crippen LogP contribution in [0.4, 0.5) is 4.39 Å². The molecular formula is C11H12Cl2FNO. The molecule has 1 rings (SSSR count). The Kier molecular flexibility index (Phi) is 4.56. The van der Waals surface area contributed by atoms with E-state index in [1.54, 1.807) is 14.0 Å². The normalized spacial score (nSPS) is 12.3. The molecule has 88 valence electrons.